The monoisotopic (exact) mass is 539 g/mol. The van der Waals surface area contributed by atoms with Gasteiger partial charge < -0.3 is 14.3 Å². The molecule has 0 bridgehead atoms. The van der Waals surface area contributed by atoms with Gasteiger partial charge in [0.15, 0.2) is 0 Å². The Morgan fingerprint density at radius 1 is 0.718 bits per heavy atom. The maximum absolute atomic E-state index is 12.1. The molecular weight excluding hydrogens is 506 g/mol. The van der Waals surface area contributed by atoms with E-state index in [0.29, 0.717) is 48.2 Å². The molecule has 0 saturated heterocycles. The number of hydrogen-bond donors (Lipinski definition) is 1. The number of imide groups is 2. The average molecular weight is 540 g/mol. The van der Waals surface area contributed by atoms with Crippen molar-refractivity contribution in [3.05, 3.63) is 70.8 Å². The van der Waals surface area contributed by atoms with E-state index >= 15 is 0 Å². The number of rotatable bonds is 10. The van der Waals surface area contributed by atoms with Crippen LogP contribution in [0, 0.1) is 0 Å². The van der Waals surface area contributed by atoms with Crippen molar-refractivity contribution in [2.75, 3.05) is 32.9 Å². The van der Waals surface area contributed by atoms with Crippen molar-refractivity contribution < 1.29 is 38.3 Å². The molecule has 0 unspecified atom stereocenters. The van der Waals surface area contributed by atoms with E-state index in [0.717, 1.165) is 0 Å². The number of fused-ring (bicyclic) bond motifs is 2. The van der Waals surface area contributed by atoms with Gasteiger partial charge in [0.2, 0.25) is 0 Å². The second-order valence-corrected chi connectivity index (χ2v) is 9.83. The van der Waals surface area contributed by atoms with Crippen molar-refractivity contribution in [1.29, 1.82) is 0 Å². The minimum atomic E-state index is -0.541. The summed E-state index contributed by atoms with van der Waals surface area (Å²) in [6, 6.07) is 13.6. The predicted octanol–water partition coefficient (Wildman–Crippen LogP) is 2.59. The Morgan fingerprint density at radius 2 is 1.10 bits per heavy atom. The molecule has 2 heterocycles. The van der Waals surface area contributed by atoms with Crippen LogP contribution in [0.1, 0.15) is 75.0 Å². The summed E-state index contributed by atoms with van der Waals surface area (Å²) >= 11 is 0. The van der Waals surface area contributed by atoms with Crippen LogP contribution >= 0.6 is 0 Å². The first-order chi connectivity index (χ1) is 18.5. The van der Waals surface area contributed by atoms with Crippen LogP contribution in [-0.4, -0.2) is 77.9 Å². The maximum atomic E-state index is 12.1. The van der Waals surface area contributed by atoms with Crippen molar-refractivity contribution in [3.8, 4) is 0 Å². The summed E-state index contributed by atoms with van der Waals surface area (Å²) in [5.74, 6) is 3.41. The molecule has 11 heteroatoms. The van der Waals surface area contributed by atoms with E-state index in [1.807, 2.05) is 0 Å². The summed E-state index contributed by atoms with van der Waals surface area (Å²) in [6.45, 7) is 6.41. The quantitative estimate of drug-likeness (QED) is 0.208. The molecule has 0 aliphatic carbocycles. The summed E-state index contributed by atoms with van der Waals surface area (Å²) in [5, 5.41) is 0. The molecule has 2 aromatic rings. The number of carbonyl (C=O) groups is 5. The first-order valence-corrected chi connectivity index (χ1v) is 12.6. The van der Waals surface area contributed by atoms with Crippen molar-refractivity contribution >= 4 is 29.6 Å². The summed E-state index contributed by atoms with van der Waals surface area (Å²) < 4.78 is 10.3. The second kappa shape index (κ2) is 13.2. The zero-order valence-corrected chi connectivity index (χ0v) is 22.3. The largest absolute Gasteiger partial charge is 0.458 e. The predicted molar refractivity (Wildman–Crippen MR) is 140 cm³/mol. The fourth-order valence-electron chi connectivity index (χ4n) is 4.04. The Hall–Kier alpha value is -3.93. The van der Waals surface area contributed by atoms with Crippen LogP contribution < -0.4 is 5.90 Å². The van der Waals surface area contributed by atoms with E-state index in [1.165, 1.54) is 9.80 Å². The highest BCUT2D eigenvalue weighted by Gasteiger charge is 2.35. The van der Waals surface area contributed by atoms with Gasteiger partial charge in [0, 0.05) is 19.7 Å². The molecule has 2 aliphatic rings. The van der Waals surface area contributed by atoms with Crippen LogP contribution in [-0.2, 0) is 19.1 Å². The SMILES string of the molecule is CC(C)(C)OC(=O)COCCCN1C(=O)c2ccccc2C1=O.NOCCCN1C(=O)c2ccccc2C1=O. The average Bonchev–Trinajstić information content (AvgIpc) is 3.28. The topological polar surface area (TPSA) is 146 Å². The van der Waals surface area contributed by atoms with Gasteiger partial charge in [0.25, 0.3) is 23.6 Å². The van der Waals surface area contributed by atoms with E-state index in [9.17, 15) is 24.0 Å². The molecule has 2 N–H and O–H groups in total. The van der Waals surface area contributed by atoms with E-state index < -0.39 is 11.6 Å². The Labute approximate surface area is 226 Å². The zero-order chi connectivity index (χ0) is 28.6. The number of carbonyl (C=O) groups excluding carboxylic acids is 5. The van der Waals surface area contributed by atoms with E-state index in [2.05, 4.69) is 4.84 Å². The first-order valence-electron chi connectivity index (χ1n) is 12.6. The minimum Gasteiger partial charge on any atom is -0.458 e. The molecule has 11 nitrogen and oxygen atoms in total. The number of esters is 1. The fourth-order valence-corrected chi connectivity index (χ4v) is 4.04. The Balaban J connectivity index is 0.000000230. The number of amides is 4. The third-order valence-electron chi connectivity index (χ3n) is 5.71. The molecule has 4 rings (SSSR count). The van der Waals surface area contributed by atoms with Crippen LogP contribution in [0.4, 0.5) is 0 Å². The Morgan fingerprint density at radius 3 is 1.46 bits per heavy atom. The van der Waals surface area contributed by atoms with E-state index in [-0.39, 0.29) is 43.4 Å². The summed E-state index contributed by atoms with van der Waals surface area (Å²) in [4.78, 5) is 66.2. The molecule has 0 spiro atoms. The molecule has 208 valence electrons. The number of benzene rings is 2. The molecule has 39 heavy (non-hydrogen) atoms. The minimum absolute atomic E-state index is 0.139. The lowest BCUT2D eigenvalue weighted by molar-refractivity contribution is -0.160. The molecule has 2 aliphatic heterocycles. The van der Waals surface area contributed by atoms with Gasteiger partial charge in [-0.25, -0.2) is 10.7 Å². The lowest BCUT2D eigenvalue weighted by atomic mass is 10.1. The van der Waals surface area contributed by atoms with Gasteiger partial charge in [-0.2, -0.15) is 0 Å². The number of hydrogen-bond acceptors (Lipinski definition) is 9. The normalized spacial score (nSPS) is 14.3. The number of nitrogens with zero attached hydrogens (tertiary/aromatic N) is 2. The van der Waals surface area contributed by atoms with E-state index in [1.54, 1.807) is 69.3 Å². The smallest absolute Gasteiger partial charge is 0.332 e. The highest BCUT2D eigenvalue weighted by molar-refractivity contribution is 6.22. The third kappa shape index (κ3) is 7.56. The lowest BCUT2D eigenvalue weighted by Crippen LogP contribution is -2.31. The lowest BCUT2D eigenvalue weighted by Gasteiger charge is -2.19. The Kier molecular flexibility index (Phi) is 10.0. The van der Waals surface area contributed by atoms with Crippen molar-refractivity contribution in [1.82, 2.24) is 9.80 Å². The van der Waals surface area contributed by atoms with Crippen LogP contribution in [0.15, 0.2) is 48.5 Å². The highest BCUT2D eigenvalue weighted by atomic mass is 16.6. The highest BCUT2D eigenvalue weighted by Crippen LogP contribution is 2.23. The van der Waals surface area contributed by atoms with Crippen LogP contribution in [0.3, 0.4) is 0 Å². The van der Waals surface area contributed by atoms with E-state index in [4.69, 9.17) is 15.4 Å². The molecular formula is C28H33N3O8. The fraction of sp³-hybridized carbons (Fsp3) is 0.393. The summed E-state index contributed by atoms with van der Waals surface area (Å²) in [6.07, 6.45) is 1.01. The van der Waals surface area contributed by atoms with Gasteiger partial charge in [-0.15, -0.1) is 0 Å². The summed E-state index contributed by atoms with van der Waals surface area (Å²) in [5.41, 5.74) is 1.28. The molecule has 0 fully saturated rings. The van der Waals surface area contributed by atoms with Crippen molar-refractivity contribution in [3.63, 3.8) is 0 Å². The van der Waals surface area contributed by atoms with Gasteiger partial charge in [-0.1, -0.05) is 24.3 Å². The van der Waals surface area contributed by atoms with Crippen molar-refractivity contribution in [2.24, 2.45) is 5.90 Å². The van der Waals surface area contributed by atoms with Crippen molar-refractivity contribution in [2.45, 2.75) is 39.2 Å². The maximum Gasteiger partial charge on any atom is 0.332 e. The van der Waals surface area contributed by atoms with Crippen LogP contribution in [0.2, 0.25) is 0 Å². The van der Waals surface area contributed by atoms with Gasteiger partial charge in [-0.3, -0.25) is 29.0 Å². The van der Waals surface area contributed by atoms with Crippen LogP contribution in [0.5, 0.6) is 0 Å². The summed E-state index contributed by atoms with van der Waals surface area (Å²) in [7, 11) is 0. The molecule has 0 radical (unpaired) electrons. The first kappa shape index (κ1) is 29.6. The molecule has 4 amide bonds. The van der Waals surface area contributed by atoms with Gasteiger partial charge in [0.1, 0.15) is 12.2 Å². The van der Waals surface area contributed by atoms with Gasteiger partial charge in [-0.05, 0) is 57.9 Å². The molecule has 2 aromatic carbocycles. The van der Waals surface area contributed by atoms with Crippen LogP contribution in [0.25, 0.3) is 0 Å². The third-order valence-corrected chi connectivity index (χ3v) is 5.71. The molecule has 0 atom stereocenters. The van der Waals surface area contributed by atoms with Gasteiger partial charge >= 0.3 is 5.97 Å². The Bertz CT molecular complexity index is 1170. The zero-order valence-electron chi connectivity index (χ0n) is 22.3. The standard InChI is InChI=1S/C17H21NO5.C11H12N2O3/c1-17(2,3)23-14(19)11-22-10-6-9-18-15(20)12-7-4-5-8-13(12)16(18)21;12-16-7-3-6-13-10(14)8-4-1-2-5-9(8)11(13)15/h4-5,7-8H,6,9-11H2,1-3H3;1-2,4-5H,3,6-7,12H2. The molecule has 0 aromatic heterocycles. The number of ether oxygens (including phenoxy) is 2. The van der Waals surface area contributed by atoms with Gasteiger partial charge in [0.05, 0.1) is 28.9 Å². The number of nitrogens with two attached hydrogens (primary N) is 1. The second-order valence-electron chi connectivity index (χ2n) is 9.83. The molecule has 0 saturated carbocycles.